The maximum atomic E-state index is 13.3. The molecule has 0 heterocycles. The Bertz CT molecular complexity index is 641. The molecule has 100 valence electrons. The van der Waals surface area contributed by atoms with Crippen molar-refractivity contribution in [2.24, 2.45) is 0 Å². The molecule has 2 aromatic rings. The molecule has 2 aromatic carbocycles. The smallest absolute Gasteiger partial charge is 0.151 e. The molecule has 0 aliphatic rings. The van der Waals surface area contributed by atoms with Gasteiger partial charge >= 0.3 is 0 Å². The van der Waals surface area contributed by atoms with Gasteiger partial charge in [0.25, 0.3) is 0 Å². The van der Waals surface area contributed by atoms with E-state index in [1.54, 1.807) is 6.07 Å². The maximum absolute atomic E-state index is 13.3. The number of hydrogen-bond acceptors (Lipinski definition) is 2. The Balaban J connectivity index is 2.44. The first kappa shape index (κ1) is 13.9. The molecule has 0 aliphatic heterocycles. The summed E-state index contributed by atoms with van der Waals surface area (Å²) in [5, 5.41) is 0. The molecule has 0 atom stereocenters. The van der Waals surface area contributed by atoms with E-state index in [1.165, 1.54) is 6.07 Å². The third-order valence-corrected chi connectivity index (χ3v) is 3.64. The first-order valence-corrected chi connectivity index (χ1v) is 6.68. The fraction of sp³-hybridized carbons (Fsp3) is 0.200. The van der Waals surface area contributed by atoms with Gasteiger partial charge in [-0.15, -0.1) is 0 Å². The van der Waals surface area contributed by atoms with Crippen LogP contribution in [0.3, 0.4) is 0 Å². The minimum atomic E-state index is -0.401. The minimum absolute atomic E-state index is 0.277. The van der Waals surface area contributed by atoms with E-state index in [-0.39, 0.29) is 5.69 Å². The summed E-state index contributed by atoms with van der Waals surface area (Å²) < 4.78 is 19.5. The lowest BCUT2D eigenvalue weighted by Gasteiger charge is -2.14. The Morgan fingerprint density at radius 3 is 2.42 bits per heavy atom. The van der Waals surface area contributed by atoms with Crippen LogP contribution < -0.4 is 10.5 Å². The van der Waals surface area contributed by atoms with Crippen LogP contribution in [0.5, 0.6) is 11.5 Å². The van der Waals surface area contributed by atoms with Crippen LogP contribution in [0.15, 0.2) is 28.7 Å². The van der Waals surface area contributed by atoms with E-state index in [4.69, 9.17) is 10.5 Å². The highest BCUT2D eigenvalue weighted by atomic mass is 79.9. The average molecular weight is 324 g/mol. The Morgan fingerprint density at radius 2 is 1.74 bits per heavy atom. The molecule has 19 heavy (non-hydrogen) atoms. The minimum Gasteiger partial charge on any atom is -0.455 e. The summed E-state index contributed by atoms with van der Waals surface area (Å²) in [6, 6.07) is 6.82. The topological polar surface area (TPSA) is 35.2 Å². The van der Waals surface area contributed by atoms with Gasteiger partial charge in [-0.25, -0.2) is 4.39 Å². The van der Waals surface area contributed by atoms with Crippen molar-refractivity contribution >= 4 is 21.6 Å². The lowest BCUT2D eigenvalue weighted by molar-refractivity contribution is 0.478. The normalized spacial score (nSPS) is 10.6. The van der Waals surface area contributed by atoms with E-state index in [2.05, 4.69) is 22.0 Å². The molecule has 0 aliphatic carbocycles. The lowest BCUT2D eigenvalue weighted by Crippen LogP contribution is -1.96. The number of hydrogen-bond donors (Lipinski definition) is 1. The van der Waals surface area contributed by atoms with Crippen LogP contribution in [0.4, 0.5) is 10.1 Å². The van der Waals surface area contributed by atoms with Crippen molar-refractivity contribution in [3.63, 3.8) is 0 Å². The standard InChI is InChI=1S/C15H15BrFNO/c1-8-4-9(2)10(3)14(5-8)19-15-6-11(16)12(17)7-13(15)18/h4-7H,18H2,1-3H3. The molecule has 2 N–H and O–H groups in total. The summed E-state index contributed by atoms with van der Waals surface area (Å²) in [6.45, 7) is 6.02. The molecule has 0 saturated carbocycles. The zero-order chi connectivity index (χ0) is 14.2. The SMILES string of the molecule is Cc1cc(C)c(C)c(Oc2cc(Br)c(F)cc2N)c1. The van der Waals surface area contributed by atoms with E-state index in [0.29, 0.717) is 10.2 Å². The molecule has 0 radical (unpaired) electrons. The molecule has 2 rings (SSSR count). The van der Waals surface area contributed by atoms with Gasteiger partial charge in [0.1, 0.15) is 11.6 Å². The average Bonchev–Trinajstić information content (AvgIpc) is 2.32. The first-order valence-electron chi connectivity index (χ1n) is 5.88. The molecule has 0 spiro atoms. The summed E-state index contributed by atoms with van der Waals surface area (Å²) in [6.07, 6.45) is 0. The predicted octanol–water partition coefficient (Wildman–Crippen LogP) is 4.89. The van der Waals surface area contributed by atoms with Crippen molar-refractivity contribution in [2.75, 3.05) is 5.73 Å². The Labute approximate surface area is 120 Å². The van der Waals surface area contributed by atoms with Crippen molar-refractivity contribution in [3.8, 4) is 11.5 Å². The second-order valence-corrected chi connectivity index (χ2v) is 5.47. The van der Waals surface area contributed by atoms with E-state index in [9.17, 15) is 4.39 Å². The van der Waals surface area contributed by atoms with Gasteiger partial charge in [0.15, 0.2) is 5.75 Å². The number of benzene rings is 2. The summed E-state index contributed by atoms with van der Waals surface area (Å²) in [5.74, 6) is 0.783. The molecule has 0 unspecified atom stereocenters. The molecular formula is C15H15BrFNO. The largest absolute Gasteiger partial charge is 0.455 e. The Morgan fingerprint density at radius 1 is 1.05 bits per heavy atom. The fourth-order valence-corrected chi connectivity index (χ4v) is 2.18. The number of nitrogens with two attached hydrogens (primary N) is 1. The second-order valence-electron chi connectivity index (χ2n) is 4.61. The van der Waals surface area contributed by atoms with Crippen molar-refractivity contribution in [2.45, 2.75) is 20.8 Å². The van der Waals surface area contributed by atoms with Crippen LogP contribution in [-0.4, -0.2) is 0 Å². The van der Waals surface area contributed by atoms with Gasteiger partial charge in [0.05, 0.1) is 10.2 Å². The number of aryl methyl sites for hydroxylation is 2. The van der Waals surface area contributed by atoms with E-state index >= 15 is 0 Å². The molecule has 0 saturated heterocycles. The quantitative estimate of drug-likeness (QED) is 0.799. The monoisotopic (exact) mass is 323 g/mol. The van der Waals surface area contributed by atoms with Gasteiger partial charge < -0.3 is 10.5 Å². The van der Waals surface area contributed by atoms with Gasteiger partial charge in [-0.05, 0) is 59.5 Å². The molecule has 0 fully saturated rings. The zero-order valence-corrected chi connectivity index (χ0v) is 12.6. The highest BCUT2D eigenvalue weighted by molar-refractivity contribution is 9.10. The van der Waals surface area contributed by atoms with Crippen molar-refractivity contribution in [1.82, 2.24) is 0 Å². The summed E-state index contributed by atoms with van der Waals surface area (Å²) >= 11 is 3.13. The summed E-state index contributed by atoms with van der Waals surface area (Å²) in [5.41, 5.74) is 9.36. The maximum Gasteiger partial charge on any atom is 0.151 e. The van der Waals surface area contributed by atoms with Crippen LogP contribution >= 0.6 is 15.9 Å². The highest BCUT2D eigenvalue weighted by Gasteiger charge is 2.10. The zero-order valence-electron chi connectivity index (χ0n) is 11.1. The summed E-state index contributed by atoms with van der Waals surface area (Å²) in [7, 11) is 0. The predicted molar refractivity (Wildman–Crippen MR) is 79.2 cm³/mol. The van der Waals surface area contributed by atoms with Gasteiger partial charge in [-0.1, -0.05) is 6.07 Å². The number of anilines is 1. The third kappa shape index (κ3) is 2.89. The van der Waals surface area contributed by atoms with E-state index in [0.717, 1.165) is 22.4 Å². The molecule has 0 bridgehead atoms. The number of ether oxygens (including phenoxy) is 1. The molecule has 0 amide bonds. The van der Waals surface area contributed by atoms with Crippen LogP contribution in [0, 0.1) is 26.6 Å². The number of rotatable bonds is 2. The van der Waals surface area contributed by atoms with Crippen molar-refractivity contribution in [3.05, 3.63) is 51.2 Å². The van der Waals surface area contributed by atoms with Crippen LogP contribution in [-0.2, 0) is 0 Å². The Kier molecular flexibility index (Phi) is 3.80. The van der Waals surface area contributed by atoms with Crippen LogP contribution in [0.1, 0.15) is 16.7 Å². The fourth-order valence-electron chi connectivity index (χ4n) is 1.86. The van der Waals surface area contributed by atoms with Gasteiger partial charge in [-0.2, -0.15) is 0 Å². The molecule has 0 aromatic heterocycles. The second kappa shape index (κ2) is 5.21. The number of nitrogen functional groups attached to an aromatic ring is 1. The summed E-state index contributed by atoms with van der Waals surface area (Å²) in [4.78, 5) is 0. The van der Waals surface area contributed by atoms with Crippen molar-refractivity contribution in [1.29, 1.82) is 0 Å². The molecular weight excluding hydrogens is 309 g/mol. The third-order valence-electron chi connectivity index (χ3n) is 3.04. The van der Waals surface area contributed by atoms with Gasteiger partial charge in [0.2, 0.25) is 0 Å². The van der Waals surface area contributed by atoms with Gasteiger partial charge in [-0.3, -0.25) is 0 Å². The number of halogens is 2. The van der Waals surface area contributed by atoms with E-state index in [1.807, 2.05) is 26.8 Å². The van der Waals surface area contributed by atoms with E-state index < -0.39 is 5.82 Å². The molecule has 2 nitrogen and oxygen atoms in total. The van der Waals surface area contributed by atoms with Crippen LogP contribution in [0.2, 0.25) is 0 Å². The van der Waals surface area contributed by atoms with Crippen molar-refractivity contribution < 1.29 is 9.13 Å². The first-order chi connectivity index (χ1) is 8.88. The van der Waals surface area contributed by atoms with Crippen LogP contribution in [0.25, 0.3) is 0 Å². The van der Waals surface area contributed by atoms with Gasteiger partial charge in [0, 0.05) is 12.1 Å². The molecule has 4 heteroatoms. The Hall–Kier alpha value is -1.55. The lowest BCUT2D eigenvalue weighted by atomic mass is 10.1. The highest BCUT2D eigenvalue weighted by Crippen LogP contribution is 2.34.